The number of hydrogen-bond acceptors (Lipinski definition) is 4. The van der Waals surface area contributed by atoms with Crippen molar-refractivity contribution in [2.24, 2.45) is 5.92 Å². The molecule has 1 amide bonds. The van der Waals surface area contributed by atoms with Crippen molar-refractivity contribution in [1.29, 1.82) is 0 Å². The smallest absolute Gasteiger partial charge is 0.229 e. The highest BCUT2D eigenvalue weighted by atomic mass is 35.5. The summed E-state index contributed by atoms with van der Waals surface area (Å²) in [7, 11) is 0. The van der Waals surface area contributed by atoms with Gasteiger partial charge in [-0.1, -0.05) is 24.3 Å². The topological polar surface area (TPSA) is 45.2 Å². The zero-order valence-electron chi connectivity index (χ0n) is 12.8. The normalized spacial score (nSPS) is 17.2. The molecule has 1 aliphatic carbocycles. The van der Waals surface area contributed by atoms with Gasteiger partial charge in [-0.25, -0.2) is 4.98 Å². The van der Waals surface area contributed by atoms with E-state index in [0.29, 0.717) is 0 Å². The van der Waals surface area contributed by atoms with Crippen molar-refractivity contribution in [1.82, 2.24) is 9.88 Å². The molecule has 0 radical (unpaired) electrons. The number of anilines is 1. The van der Waals surface area contributed by atoms with Crippen LogP contribution in [0.5, 0.6) is 0 Å². The van der Waals surface area contributed by atoms with Crippen molar-refractivity contribution < 1.29 is 4.79 Å². The van der Waals surface area contributed by atoms with E-state index in [1.54, 1.807) is 0 Å². The minimum atomic E-state index is 0. The van der Waals surface area contributed by atoms with Crippen molar-refractivity contribution in [3.8, 4) is 0 Å². The van der Waals surface area contributed by atoms with Gasteiger partial charge < -0.3 is 5.32 Å². The van der Waals surface area contributed by atoms with Crippen molar-refractivity contribution in [2.75, 3.05) is 11.9 Å². The van der Waals surface area contributed by atoms with Crippen LogP contribution in [-0.4, -0.2) is 22.3 Å². The largest absolute Gasteiger partial charge is 0.302 e. The van der Waals surface area contributed by atoms with Gasteiger partial charge >= 0.3 is 0 Å². The van der Waals surface area contributed by atoms with E-state index in [9.17, 15) is 4.79 Å². The van der Waals surface area contributed by atoms with Crippen LogP contribution in [0.4, 0.5) is 5.13 Å². The zero-order chi connectivity index (χ0) is 14.9. The Morgan fingerprint density at radius 1 is 1.30 bits per heavy atom. The molecule has 4 rings (SSSR count). The third kappa shape index (κ3) is 3.91. The fourth-order valence-corrected chi connectivity index (χ4v) is 3.61. The molecule has 0 atom stereocenters. The summed E-state index contributed by atoms with van der Waals surface area (Å²) in [6, 6.07) is 8.66. The van der Waals surface area contributed by atoms with E-state index in [4.69, 9.17) is 0 Å². The molecular formula is C17H20ClN3OS. The number of fused-ring (bicyclic) bond motifs is 1. The molecule has 0 bridgehead atoms. The van der Waals surface area contributed by atoms with Crippen LogP contribution in [0, 0.1) is 5.92 Å². The number of aromatic nitrogens is 1. The van der Waals surface area contributed by atoms with Gasteiger partial charge in [-0.2, -0.15) is 0 Å². The number of thiazole rings is 1. The summed E-state index contributed by atoms with van der Waals surface area (Å²) >= 11 is 1.53. The zero-order valence-corrected chi connectivity index (χ0v) is 14.5. The first-order valence-electron chi connectivity index (χ1n) is 7.82. The molecule has 0 saturated heterocycles. The molecule has 1 saturated carbocycles. The van der Waals surface area contributed by atoms with E-state index < -0.39 is 0 Å². The monoisotopic (exact) mass is 349 g/mol. The summed E-state index contributed by atoms with van der Waals surface area (Å²) in [5.41, 5.74) is 3.94. The predicted octanol–water partition coefficient (Wildman–Crippen LogP) is 3.47. The number of halogens is 1. The molecule has 6 heteroatoms. The quantitative estimate of drug-likeness (QED) is 0.919. The minimum Gasteiger partial charge on any atom is -0.302 e. The third-order valence-corrected chi connectivity index (χ3v) is 5.13. The van der Waals surface area contributed by atoms with Crippen LogP contribution in [0.3, 0.4) is 0 Å². The Morgan fingerprint density at radius 3 is 2.87 bits per heavy atom. The van der Waals surface area contributed by atoms with E-state index in [-0.39, 0.29) is 24.2 Å². The van der Waals surface area contributed by atoms with Crippen molar-refractivity contribution >= 4 is 34.8 Å². The third-order valence-electron chi connectivity index (χ3n) is 4.33. The van der Waals surface area contributed by atoms with E-state index in [1.807, 2.05) is 0 Å². The number of nitrogens with zero attached hydrogens (tertiary/aromatic N) is 2. The van der Waals surface area contributed by atoms with E-state index in [2.05, 4.69) is 44.8 Å². The maximum Gasteiger partial charge on any atom is 0.229 e. The Morgan fingerprint density at radius 2 is 2.09 bits per heavy atom. The molecule has 2 aliphatic rings. The molecule has 0 unspecified atom stereocenters. The van der Waals surface area contributed by atoms with E-state index >= 15 is 0 Å². The average Bonchev–Trinajstić information content (AvgIpc) is 3.30. The highest BCUT2D eigenvalue weighted by molar-refractivity contribution is 7.13. The Labute approximate surface area is 146 Å². The fraction of sp³-hybridized carbons (Fsp3) is 0.412. The summed E-state index contributed by atoms with van der Waals surface area (Å²) in [5, 5.41) is 5.73. The first kappa shape index (κ1) is 16.4. The van der Waals surface area contributed by atoms with Crippen LogP contribution in [0.25, 0.3) is 0 Å². The molecule has 2 aromatic rings. The van der Waals surface area contributed by atoms with Crippen LogP contribution in [0.1, 0.15) is 29.7 Å². The molecule has 1 N–H and O–H groups in total. The first-order chi connectivity index (χ1) is 10.8. The number of carbonyl (C=O) groups is 1. The summed E-state index contributed by atoms with van der Waals surface area (Å²) in [6.07, 6.45) is 3.15. The maximum absolute atomic E-state index is 11.8. The summed E-state index contributed by atoms with van der Waals surface area (Å²) in [4.78, 5) is 18.7. The lowest BCUT2D eigenvalue weighted by molar-refractivity contribution is -0.117. The minimum absolute atomic E-state index is 0. The number of carbonyl (C=O) groups excluding carboxylic acids is 1. The lowest BCUT2D eigenvalue weighted by Gasteiger charge is -2.27. The molecule has 0 spiro atoms. The summed E-state index contributed by atoms with van der Waals surface area (Å²) in [6.45, 7) is 2.90. The van der Waals surface area contributed by atoms with Crippen molar-refractivity contribution in [3.05, 3.63) is 46.5 Å². The summed E-state index contributed by atoms with van der Waals surface area (Å²) in [5.74, 6) is 0.360. The van der Waals surface area contributed by atoms with Gasteiger partial charge in [0.2, 0.25) is 5.91 Å². The van der Waals surface area contributed by atoms with Crippen LogP contribution in [-0.2, 0) is 24.3 Å². The van der Waals surface area contributed by atoms with Gasteiger partial charge in [0.05, 0.1) is 5.69 Å². The Balaban J connectivity index is 0.00000156. The average molecular weight is 350 g/mol. The number of amides is 1. The van der Waals surface area contributed by atoms with Crippen LogP contribution in [0.2, 0.25) is 0 Å². The van der Waals surface area contributed by atoms with Gasteiger partial charge in [-0.3, -0.25) is 9.69 Å². The molecule has 1 aromatic heterocycles. The standard InChI is InChI=1S/C17H19N3OS.ClH/c21-16(13-5-6-13)19-17-18-15(11-22-17)10-20-8-7-12-3-1-2-4-14(12)9-20;/h1-4,11,13H,5-10H2,(H,18,19,21);1H. The van der Waals surface area contributed by atoms with E-state index in [1.165, 1.54) is 22.5 Å². The van der Waals surface area contributed by atoms with Gasteiger partial charge in [0.1, 0.15) is 0 Å². The lowest BCUT2D eigenvalue weighted by atomic mass is 10.00. The number of rotatable bonds is 4. The van der Waals surface area contributed by atoms with Crippen molar-refractivity contribution in [2.45, 2.75) is 32.4 Å². The molecule has 1 aliphatic heterocycles. The Kier molecular flexibility index (Phi) is 4.99. The van der Waals surface area contributed by atoms with Gasteiger partial charge in [0.25, 0.3) is 0 Å². The molecule has 2 heterocycles. The van der Waals surface area contributed by atoms with Gasteiger partial charge in [-0.15, -0.1) is 23.7 Å². The van der Waals surface area contributed by atoms with Crippen LogP contribution in [0.15, 0.2) is 29.6 Å². The maximum atomic E-state index is 11.8. The molecule has 23 heavy (non-hydrogen) atoms. The molecular weight excluding hydrogens is 330 g/mol. The second-order valence-electron chi connectivity index (χ2n) is 6.14. The van der Waals surface area contributed by atoms with Crippen molar-refractivity contribution in [3.63, 3.8) is 0 Å². The van der Waals surface area contributed by atoms with Gasteiger partial charge in [-0.05, 0) is 30.4 Å². The molecule has 4 nitrogen and oxygen atoms in total. The summed E-state index contributed by atoms with van der Waals surface area (Å²) < 4.78 is 0. The van der Waals surface area contributed by atoms with E-state index in [0.717, 1.165) is 49.7 Å². The Bertz CT molecular complexity index is 699. The fourth-order valence-electron chi connectivity index (χ4n) is 2.91. The lowest BCUT2D eigenvalue weighted by Crippen LogP contribution is -2.30. The number of nitrogens with one attached hydrogen (secondary N) is 1. The predicted molar refractivity (Wildman–Crippen MR) is 95.0 cm³/mol. The molecule has 122 valence electrons. The van der Waals surface area contributed by atoms with Gasteiger partial charge in [0, 0.05) is 30.9 Å². The Hall–Kier alpha value is -1.43. The highest BCUT2D eigenvalue weighted by Crippen LogP contribution is 2.30. The number of benzene rings is 1. The molecule has 1 fully saturated rings. The molecule has 1 aromatic carbocycles. The number of hydrogen-bond donors (Lipinski definition) is 1. The van der Waals surface area contributed by atoms with Crippen LogP contribution >= 0.6 is 23.7 Å². The first-order valence-corrected chi connectivity index (χ1v) is 8.70. The SMILES string of the molecule is Cl.O=C(Nc1nc(CN2CCc3ccccc3C2)cs1)C1CC1. The second-order valence-corrected chi connectivity index (χ2v) is 6.99. The highest BCUT2D eigenvalue weighted by Gasteiger charge is 2.30. The van der Waals surface area contributed by atoms with Gasteiger partial charge in [0.15, 0.2) is 5.13 Å². The second kappa shape index (κ2) is 6.99. The van der Waals surface area contributed by atoms with Crippen LogP contribution < -0.4 is 5.32 Å².